The van der Waals surface area contributed by atoms with E-state index in [1.807, 2.05) is 20.8 Å². The standard InChI is InChI=1S/C16H23NO4/c1-11(2)12(3)17-15(18)10-21-16(19)14-7-5-13(6-8-14)9-20-4/h5-8,11-12H,9-10H2,1-4H3,(H,17,18)/t12-/m0/s1. The van der Waals surface area contributed by atoms with Gasteiger partial charge in [-0.15, -0.1) is 0 Å². The fraction of sp³-hybridized carbons (Fsp3) is 0.500. The lowest BCUT2D eigenvalue weighted by Crippen LogP contribution is -2.38. The maximum atomic E-state index is 11.8. The molecule has 1 rings (SSSR count). The van der Waals surface area contributed by atoms with Gasteiger partial charge in [-0.05, 0) is 30.5 Å². The summed E-state index contributed by atoms with van der Waals surface area (Å²) in [5.41, 5.74) is 1.39. The van der Waals surface area contributed by atoms with Gasteiger partial charge in [-0.2, -0.15) is 0 Å². The summed E-state index contributed by atoms with van der Waals surface area (Å²) in [6.07, 6.45) is 0. The number of carbonyl (C=O) groups is 2. The first-order valence-corrected chi connectivity index (χ1v) is 6.98. The molecule has 0 saturated heterocycles. The van der Waals surface area contributed by atoms with E-state index in [1.165, 1.54) is 0 Å². The van der Waals surface area contributed by atoms with Crippen molar-refractivity contribution in [3.8, 4) is 0 Å². The average Bonchev–Trinajstić information content (AvgIpc) is 2.45. The molecule has 0 aliphatic rings. The second kappa shape index (κ2) is 8.42. The number of esters is 1. The lowest BCUT2D eigenvalue weighted by molar-refractivity contribution is -0.125. The van der Waals surface area contributed by atoms with Crippen molar-refractivity contribution in [1.29, 1.82) is 0 Å². The summed E-state index contributed by atoms with van der Waals surface area (Å²) >= 11 is 0. The Hall–Kier alpha value is -1.88. The Bertz CT molecular complexity index is 468. The van der Waals surface area contributed by atoms with E-state index >= 15 is 0 Å². The number of methoxy groups -OCH3 is 1. The van der Waals surface area contributed by atoms with E-state index in [4.69, 9.17) is 9.47 Å². The molecule has 1 atom stereocenters. The molecule has 21 heavy (non-hydrogen) atoms. The van der Waals surface area contributed by atoms with E-state index < -0.39 is 5.97 Å². The first-order chi connectivity index (χ1) is 9.93. The molecule has 0 aromatic heterocycles. The van der Waals surface area contributed by atoms with Crippen LogP contribution >= 0.6 is 0 Å². The van der Waals surface area contributed by atoms with Gasteiger partial charge in [0.1, 0.15) is 0 Å². The summed E-state index contributed by atoms with van der Waals surface area (Å²) in [6, 6.07) is 6.95. The zero-order chi connectivity index (χ0) is 15.8. The average molecular weight is 293 g/mol. The van der Waals surface area contributed by atoms with Gasteiger partial charge < -0.3 is 14.8 Å². The van der Waals surface area contributed by atoms with E-state index in [2.05, 4.69) is 5.32 Å². The molecular weight excluding hydrogens is 270 g/mol. The molecule has 1 amide bonds. The van der Waals surface area contributed by atoms with E-state index in [9.17, 15) is 9.59 Å². The molecule has 0 saturated carbocycles. The second-order valence-electron chi connectivity index (χ2n) is 5.31. The maximum absolute atomic E-state index is 11.8. The molecule has 1 aromatic carbocycles. The lowest BCUT2D eigenvalue weighted by atomic mass is 10.1. The Balaban J connectivity index is 2.44. The van der Waals surface area contributed by atoms with Crippen molar-refractivity contribution in [1.82, 2.24) is 5.32 Å². The van der Waals surface area contributed by atoms with Gasteiger partial charge in [-0.1, -0.05) is 26.0 Å². The van der Waals surface area contributed by atoms with Gasteiger partial charge in [0.05, 0.1) is 12.2 Å². The molecule has 116 valence electrons. The summed E-state index contributed by atoms with van der Waals surface area (Å²) < 4.78 is 9.98. The second-order valence-corrected chi connectivity index (χ2v) is 5.31. The van der Waals surface area contributed by atoms with Crippen LogP contribution in [0.5, 0.6) is 0 Å². The van der Waals surface area contributed by atoms with E-state index in [-0.39, 0.29) is 18.6 Å². The van der Waals surface area contributed by atoms with Gasteiger partial charge >= 0.3 is 5.97 Å². The fourth-order valence-electron chi connectivity index (χ4n) is 1.58. The minimum Gasteiger partial charge on any atom is -0.452 e. The van der Waals surface area contributed by atoms with Crippen LogP contribution in [0.25, 0.3) is 0 Å². The first-order valence-electron chi connectivity index (χ1n) is 6.98. The molecule has 0 spiro atoms. The van der Waals surface area contributed by atoms with Crippen molar-refractivity contribution in [3.63, 3.8) is 0 Å². The Kier molecular flexibility index (Phi) is 6.88. The van der Waals surface area contributed by atoms with E-state index in [0.717, 1.165) is 5.56 Å². The van der Waals surface area contributed by atoms with Crippen molar-refractivity contribution in [2.24, 2.45) is 5.92 Å². The Morgan fingerprint density at radius 2 is 1.76 bits per heavy atom. The lowest BCUT2D eigenvalue weighted by Gasteiger charge is -2.17. The smallest absolute Gasteiger partial charge is 0.338 e. The highest BCUT2D eigenvalue weighted by molar-refractivity contribution is 5.91. The fourth-order valence-corrected chi connectivity index (χ4v) is 1.58. The van der Waals surface area contributed by atoms with Crippen molar-refractivity contribution in [2.75, 3.05) is 13.7 Å². The zero-order valence-electron chi connectivity index (χ0n) is 13.0. The summed E-state index contributed by atoms with van der Waals surface area (Å²) in [7, 11) is 1.61. The van der Waals surface area contributed by atoms with Crippen LogP contribution in [-0.4, -0.2) is 31.6 Å². The van der Waals surface area contributed by atoms with Crippen LogP contribution in [-0.2, 0) is 20.9 Å². The van der Waals surface area contributed by atoms with Crippen LogP contribution in [0.15, 0.2) is 24.3 Å². The van der Waals surface area contributed by atoms with Gasteiger partial charge in [0.25, 0.3) is 5.91 Å². The number of amides is 1. The van der Waals surface area contributed by atoms with Crippen molar-refractivity contribution in [3.05, 3.63) is 35.4 Å². The number of rotatable bonds is 7. The highest BCUT2D eigenvalue weighted by Crippen LogP contribution is 2.07. The van der Waals surface area contributed by atoms with Crippen LogP contribution in [0.4, 0.5) is 0 Å². The van der Waals surface area contributed by atoms with Crippen molar-refractivity contribution < 1.29 is 19.1 Å². The van der Waals surface area contributed by atoms with Crippen LogP contribution in [0, 0.1) is 5.92 Å². The number of nitrogens with one attached hydrogen (secondary N) is 1. The third kappa shape index (κ3) is 5.95. The molecular formula is C16H23NO4. The Morgan fingerprint density at radius 1 is 1.14 bits per heavy atom. The molecule has 0 aliphatic heterocycles. The molecule has 0 radical (unpaired) electrons. The SMILES string of the molecule is COCc1ccc(C(=O)OCC(=O)N[C@@H](C)C(C)C)cc1. The molecule has 0 bridgehead atoms. The normalized spacial score (nSPS) is 12.0. The molecule has 0 heterocycles. The third-order valence-electron chi connectivity index (χ3n) is 3.22. The third-order valence-corrected chi connectivity index (χ3v) is 3.22. The van der Waals surface area contributed by atoms with Crippen molar-refractivity contribution in [2.45, 2.75) is 33.4 Å². The van der Waals surface area contributed by atoms with E-state index in [1.54, 1.807) is 31.4 Å². The highest BCUT2D eigenvalue weighted by atomic mass is 16.5. The van der Waals surface area contributed by atoms with Gasteiger partial charge in [0, 0.05) is 13.2 Å². The number of ether oxygens (including phenoxy) is 2. The molecule has 1 N–H and O–H groups in total. The summed E-state index contributed by atoms with van der Waals surface area (Å²) in [5, 5.41) is 2.78. The molecule has 0 unspecified atom stereocenters. The zero-order valence-corrected chi connectivity index (χ0v) is 13.0. The highest BCUT2D eigenvalue weighted by Gasteiger charge is 2.13. The van der Waals surface area contributed by atoms with Gasteiger partial charge in [-0.25, -0.2) is 4.79 Å². The molecule has 0 fully saturated rings. The van der Waals surface area contributed by atoms with Crippen LogP contribution in [0.1, 0.15) is 36.7 Å². The summed E-state index contributed by atoms with van der Waals surface area (Å²) in [4.78, 5) is 23.4. The monoisotopic (exact) mass is 293 g/mol. The Labute approximate surface area is 125 Å². The largest absolute Gasteiger partial charge is 0.452 e. The van der Waals surface area contributed by atoms with Gasteiger partial charge in [0.2, 0.25) is 0 Å². The van der Waals surface area contributed by atoms with Gasteiger partial charge in [-0.3, -0.25) is 4.79 Å². The summed E-state index contributed by atoms with van der Waals surface area (Å²) in [5.74, 6) is -0.468. The van der Waals surface area contributed by atoms with Gasteiger partial charge in [0.15, 0.2) is 6.61 Å². The quantitative estimate of drug-likeness (QED) is 0.782. The van der Waals surface area contributed by atoms with Crippen molar-refractivity contribution >= 4 is 11.9 Å². The predicted octanol–water partition coefficient (Wildman–Crippen LogP) is 2.15. The number of carbonyl (C=O) groups excluding carboxylic acids is 2. The van der Waals surface area contributed by atoms with E-state index in [0.29, 0.717) is 18.1 Å². The molecule has 1 aromatic rings. The molecule has 0 aliphatic carbocycles. The topological polar surface area (TPSA) is 64.6 Å². The predicted molar refractivity (Wildman–Crippen MR) is 79.9 cm³/mol. The number of hydrogen-bond donors (Lipinski definition) is 1. The minimum atomic E-state index is -0.508. The summed E-state index contributed by atoms with van der Waals surface area (Å²) in [6.45, 7) is 6.16. The maximum Gasteiger partial charge on any atom is 0.338 e. The minimum absolute atomic E-state index is 0.0459. The van der Waals surface area contributed by atoms with Crippen LogP contribution < -0.4 is 5.32 Å². The Morgan fingerprint density at radius 3 is 2.29 bits per heavy atom. The van der Waals surface area contributed by atoms with Crippen LogP contribution in [0.3, 0.4) is 0 Å². The van der Waals surface area contributed by atoms with Crippen LogP contribution in [0.2, 0.25) is 0 Å². The number of hydrogen-bond acceptors (Lipinski definition) is 4. The molecule has 5 nitrogen and oxygen atoms in total. The molecule has 5 heteroatoms. The first kappa shape index (κ1) is 17.2. The number of benzene rings is 1.